The van der Waals surface area contributed by atoms with Crippen molar-refractivity contribution in [3.05, 3.63) is 41.1 Å². The summed E-state index contributed by atoms with van der Waals surface area (Å²) in [6, 6.07) is 3.72. The van der Waals surface area contributed by atoms with Gasteiger partial charge in [0.1, 0.15) is 16.9 Å². The maximum absolute atomic E-state index is 12.8. The van der Waals surface area contributed by atoms with Crippen molar-refractivity contribution in [2.75, 3.05) is 12.8 Å². The molecular weight excluding hydrogens is 360 g/mol. The minimum atomic E-state index is -2.67. The Labute approximate surface area is 153 Å². The second-order valence-corrected chi connectivity index (χ2v) is 6.69. The lowest BCUT2D eigenvalue weighted by molar-refractivity contribution is 0.0670. The third kappa shape index (κ3) is 3.85. The molecule has 1 saturated carbocycles. The zero-order valence-corrected chi connectivity index (χ0v) is 14.9. The van der Waals surface area contributed by atoms with Gasteiger partial charge in [0, 0.05) is 37.0 Å². The Morgan fingerprint density at radius 2 is 2.31 bits per heavy atom. The number of hydrogen-bond acceptors (Lipinski definition) is 5. The van der Waals surface area contributed by atoms with E-state index in [0.717, 1.165) is 23.1 Å². The molecule has 0 aromatic carbocycles. The molecule has 2 aromatic rings. The summed E-state index contributed by atoms with van der Waals surface area (Å²) >= 11 is 1.33. The first kappa shape index (κ1) is 18.3. The first-order valence-corrected chi connectivity index (χ1v) is 9.34. The molecule has 0 bridgehead atoms. The van der Waals surface area contributed by atoms with Crippen molar-refractivity contribution in [3.63, 3.8) is 0 Å². The van der Waals surface area contributed by atoms with E-state index in [0.29, 0.717) is 10.9 Å². The van der Waals surface area contributed by atoms with Crippen LogP contribution in [0.15, 0.2) is 23.5 Å². The number of nitriles is 1. The van der Waals surface area contributed by atoms with Crippen LogP contribution in [0.3, 0.4) is 0 Å². The van der Waals surface area contributed by atoms with Gasteiger partial charge in [-0.25, -0.2) is 9.97 Å². The van der Waals surface area contributed by atoms with Crippen LogP contribution >= 0.6 is 11.8 Å². The average molecular weight is 377 g/mol. The van der Waals surface area contributed by atoms with Crippen LogP contribution in [-0.4, -0.2) is 33.2 Å². The SMILES string of the molecule is CSc1nc(C2CC2)cc(C(=O)NCCc2nccn2C(F)F)c1C#N. The number of amides is 1. The molecule has 0 unspecified atom stereocenters. The van der Waals surface area contributed by atoms with Crippen molar-refractivity contribution in [2.45, 2.75) is 36.8 Å². The summed E-state index contributed by atoms with van der Waals surface area (Å²) < 4.78 is 26.4. The molecule has 0 atom stereocenters. The molecule has 1 N–H and O–H groups in total. The van der Waals surface area contributed by atoms with E-state index < -0.39 is 12.5 Å². The van der Waals surface area contributed by atoms with Crippen molar-refractivity contribution in [1.82, 2.24) is 19.9 Å². The molecule has 3 rings (SSSR count). The molecular formula is C17H17F2N5OS. The summed E-state index contributed by atoms with van der Waals surface area (Å²) in [5.74, 6) is 0.133. The molecule has 9 heteroatoms. The van der Waals surface area contributed by atoms with Crippen LogP contribution in [0.25, 0.3) is 0 Å². The minimum absolute atomic E-state index is 0.142. The summed E-state index contributed by atoms with van der Waals surface area (Å²) in [6.45, 7) is -2.53. The van der Waals surface area contributed by atoms with E-state index in [1.807, 2.05) is 6.26 Å². The normalized spacial score (nSPS) is 13.7. The predicted octanol–water partition coefficient (Wildman–Crippen LogP) is 3.12. The highest BCUT2D eigenvalue weighted by atomic mass is 32.2. The molecule has 1 aliphatic carbocycles. The smallest absolute Gasteiger partial charge is 0.319 e. The number of thioether (sulfide) groups is 1. The van der Waals surface area contributed by atoms with E-state index in [4.69, 9.17) is 0 Å². The number of hydrogen-bond donors (Lipinski definition) is 1. The molecule has 26 heavy (non-hydrogen) atoms. The third-order valence-corrected chi connectivity index (χ3v) is 4.83. The largest absolute Gasteiger partial charge is 0.352 e. The summed E-state index contributed by atoms with van der Waals surface area (Å²) in [5, 5.41) is 12.6. The number of carbonyl (C=O) groups excluding carboxylic acids is 1. The molecule has 1 amide bonds. The summed E-state index contributed by atoms with van der Waals surface area (Å²) in [7, 11) is 0. The summed E-state index contributed by atoms with van der Waals surface area (Å²) in [5.41, 5.74) is 1.35. The van der Waals surface area contributed by atoms with Crippen LogP contribution in [0.1, 0.15) is 52.7 Å². The van der Waals surface area contributed by atoms with E-state index in [9.17, 15) is 18.8 Å². The number of aromatic nitrogens is 3. The van der Waals surface area contributed by atoms with Gasteiger partial charge in [-0.3, -0.25) is 9.36 Å². The average Bonchev–Trinajstić information content (AvgIpc) is 3.38. The van der Waals surface area contributed by atoms with E-state index in [1.54, 1.807) is 6.07 Å². The lowest BCUT2D eigenvalue weighted by Gasteiger charge is -2.11. The standard InChI is InChI=1S/C17H17F2N5OS/c1-26-16-12(9-20)11(8-13(23-16)10-2-3-10)15(25)22-5-4-14-21-6-7-24(14)17(18)19/h6-8,10,17H,2-5H2,1H3,(H,22,25). The molecule has 6 nitrogen and oxygen atoms in total. The first-order chi connectivity index (χ1) is 12.5. The number of halogens is 2. The van der Waals surface area contributed by atoms with Gasteiger partial charge in [0.2, 0.25) is 0 Å². The van der Waals surface area contributed by atoms with Gasteiger partial charge in [0.05, 0.1) is 11.1 Å². The maximum Gasteiger partial charge on any atom is 0.319 e. The Morgan fingerprint density at radius 3 is 2.92 bits per heavy atom. The number of alkyl halides is 2. The van der Waals surface area contributed by atoms with Crippen LogP contribution in [-0.2, 0) is 6.42 Å². The van der Waals surface area contributed by atoms with E-state index in [2.05, 4.69) is 21.4 Å². The Morgan fingerprint density at radius 1 is 1.54 bits per heavy atom. The van der Waals surface area contributed by atoms with Gasteiger partial charge >= 0.3 is 6.55 Å². The van der Waals surface area contributed by atoms with Gasteiger partial charge in [-0.1, -0.05) is 0 Å². The number of carbonyl (C=O) groups is 1. The second kappa shape index (κ2) is 7.83. The Bertz CT molecular complexity index is 857. The van der Waals surface area contributed by atoms with Crippen LogP contribution in [0.2, 0.25) is 0 Å². The summed E-state index contributed by atoms with van der Waals surface area (Å²) in [4.78, 5) is 20.9. The highest BCUT2D eigenvalue weighted by molar-refractivity contribution is 7.98. The van der Waals surface area contributed by atoms with Gasteiger partial charge in [0.15, 0.2) is 0 Å². The minimum Gasteiger partial charge on any atom is -0.352 e. The quantitative estimate of drug-likeness (QED) is 0.750. The van der Waals surface area contributed by atoms with Gasteiger partial charge in [-0.15, -0.1) is 11.8 Å². The molecule has 1 fully saturated rings. The fraction of sp³-hybridized carbons (Fsp3) is 0.412. The lowest BCUT2D eigenvalue weighted by Crippen LogP contribution is -2.27. The van der Waals surface area contributed by atoms with Crippen molar-refractivity contribution in [1.29, 1.82) is 5.26 Å². The number of nitrogens with zero attached hydrogens (tertiary/aromatic N) is 4. The zero-order chi connectivity index (χ0) is 18.7. The van der Waals surface area contributed by atoms with Crippen LogP contribution < -0.4 is 5.32 Å². The van der Waals surface area contributed by atoms with E-state index in [-0.39, 0.29) is 29.9 Å². The number of pyridine rings is 1. The predicted molar refractivity (Wildman–Crippen MR) is 92.2 cm³/mol. The van der Waals surface area contributed by atoms with Crippen molar-refractivity contribution >= 4 is 17.7 Å². The Kier molecular flexibility index (Phi) is 5.52. The number of nitrogens with one attached hydrogen (secondary N) is 1. The highest BCUT2D eigenvalue weighted by Crippen LogP contribution is 2.40. The monoisotopic (exact) mass is 377 g/mol. The van der Waals surface area contributed by atoms with E-state index in [1.165, 1.54) is 24.2 Å². The molecule has 0 aliphatic heterocycles. The first-order valence-electron chi connectivity index (χ1n) is 8.12. The van der Waals surface area contributed by atoms with Crippen LogP contribution in [0, 0.1) is 11.3 Å². The second-order valence-electron chi connectivity index (χ2n) is 5.90. The third-order valence-electron chi connectivity index (χ3n) is 4.14. The fourth-order valence-corrected chi connectivity index (χ4v) is 3.22. The molecule has 2 heterocycles. The van der Waals surface area contributed by atoms with E-state index >= 15 is 0 Å². The van der Waals surface area contributed by atoms with Gasteiger partial charge in [0.25, 0.3) is 5.91 Å². The van der Waals surface area contributed by atoms with Crippen molar-refractivity contribution in [3.8, 4) is 6.07 Å². The number of imidazole rings is 1. The van der Waals surface area contributed by atoms with Crippen molar-refractivity contribution < 1.29 is 13.6 Å². The zero-order valence-electron chi connectivity index (χ0n) is 14.1. The van der Waals surface area contributed by atoms with Gasteiger partial charge in [-0.05, 0) is 25.2 Å². The molecule has 2 aromatic heterocycles. The van der Waals surface area contributed by atoms with Crippen molar-refractivity contribution in [2.24, 2.45) is 0 Å². The lowest BCUT2D eigenvalue weighted by atomic mass is 10.1. The Hall–Kier alpha value is -2.47. The molecule has 0 radical (unpaired) electrons. The topological polar surface area (TPSA) is 83.6 Å². The summed E-state index contributed by atoms with van der Waals surface area (Å²) in [6.07, 6.45) is 6.54. The molecule has 0 saturated heterocycles. The fourth-order valence-electron chi connectivity index (χ4n) is 2.66. The Balaban J connectivity index is 1.74. The molecule has 0 spiro atoms. The van der Waals surface area contributed by atoms with Gasteiger partial charge < -0.3 is 5.32 Å². The molecule has 1 aliphatic rings. The highest BCUT2D eigenvalue weighted by Gasteiger charge is 2.28. The van der Waals surface area contributed by atoms with Gasteiger partial charge in [-0.2, -0.15) is 14.0 Å². The maximum atomic E-state index is 12.8. The molecule has 136 valence electrons. The number of rotatable bonds is 7. The van der Waals surface area contributed by atoms with Crippen LogP contribution in [0.4, 0.5) is 8.78 Å². The van der Waals surface area contributed by atoms with Crippen LogP contribution in [0.5, 0.6) is 0 Å².